The zero-order chi connectivity index (χ0) is 24.9. The van der Waals surface area contributed by atoms with Crippen LogP contribution in [0.2, 0.25) is 0 Å². The lowest BCUT2D eigenvalue weighted by Crippen LogP contribution is -2.39. The number of piperidine rings is 1. The SMILES string of the molecule is COc1cccc(C(=O)N2CC(CN3CCC(Cc4ccccc4)CC3)C(c3ccc(F)cc3)C2)c1. The number of hydrogen-bond acceptors (Lipinski definition) is 3. The van der Waals surface area contributed by atoms with Gasteiger partial charge < -0.3 is 14.5 Å². The van der Waals surface area contributed by atoms with Crippen molar-refractivity contribution in [3.05, 3.63) is 101 Å². The third-order valence-electron chi connectivity index (χ3n) is 7.91. The minimum Gasteiger partial charge on any atom is -0.497 e. The zero-order valence-electron chi connectivity index (χ0n) is 21.0. The van der Waals surface area contributed by atoms with Crippen LogP contribution in [0.3, 0.4) is 0 Å². The highest BCUT2D eigenvalue weighted by Crippen LogP contribution is 2.35. The smallest absolute Gasteiger partial charge is 0.254 e. The number of hydrogen-bond donors (Lipinski definition) is 0. The molecule has 0 aromatic heterocycles. The van der Waals surface area contributed by atoms with E-state index in [1.807, 2.05) is 35.2 Å². The van der Waals surface area contributed by atoms with Crippen molar-refractivity contribution < 1.29 is 13.9 Å². The van der Waals surface area contributed by atoms with Gasteiger partial charge in [0.1, 0.15) is 11.6 Å². The number of carbonyl (C=O) groups excluding carboxylic acids is 1. The van der Waals surface area contributed by atoms with Crippen molar-refractivity contribution in [3.63, 3.8) is 0 Å². The Bertz CT molecular complexity index is 1140. The van der Waals surface area contributed by atoms with Crippen LogP contribution >= 0.6 is 0 Å². The molecule has 0 aliphatic carbocycles. The third kappa shape index (κ3) is 5.79. The predicted molar refractivity (Wildman–Crippen MR) is 141 cm³/mol. The maximum Gasteiger partial charge on any atom is 0.254 e. The molecule has 0 saturated carbocycles. The molecule has 5 heteroatoms. The molecule has 5 rings (SSSR count). The van der Waals surface area contributed by atoms with Gasteiger partial charge in [0, 0.05) is 31.1 Å². The van der Waals surface area contributed by atoms with Gasteiger partial charge in [0.25, 0.3) is 5.91 Å². The van der Waals surface area contributed by atoms with E-state index >= 15 is 0 Å². The summed E-state index contributed by atoms with van der Waals surface area (Å²) in [5.74, 6) is 1.73. The van der Waals surface area contributed by atoms with Gasteiger partial charge in [-0.3, -0.25) is 4.79 Å². The second-order valence-electron chi connectivity index (χ2n) is 10.3. The second-order valence-corrected chi connectivity index (χ2v) is 10.3. The molecular weight excluding hydrogens is 451 g/mol. The first kappa shape index (κ1) is 24.5. The van der Waals surface area contributed by atoms with E-state index in [0.717, 1.165) is 37.5 Å². The molecule has 4 nitrogen and oxygen atoms in total. The molecule has 2 heterocycles. The Morgan fingerprint density at radius 1 is 0.944 bits per heavy atom. The maximum atomic E-state index is 13.6. The Morgan fingerprint density at radius 2 is 1.69 bits per heavy atom. The van der Waals surface area contributed by atoms with E-state index in [2.05, 4.69) is 35.2 Å². The second kappa shape index (κ2) is 11.3. The summed E-state index contributed by atoms with van der Waals surface area (Å²) in [7, 11) is 1.61. The largest absolute Gasteiger partial charge is 0.497 e. The van der Waals surface area contributed by atoms with Crippen molar-refractivity contribution in [2.45, 2.75) is 25.2 Å². The van der Waals surface area contributed by atoms with Crippen LogP contribution in [0.25, 0.3) is 0 Å². The summed E-state index contributed by atoms with van der Waals surface area (Å²) in [6, 6.07) is 25.0. The lowest BCUT2D eigenvalue weighted by atomic mass is 9.86. The molecule has 0 N–H and O–H groups in total. The van der Waals surface area contributed by atoms with E-state index in [1.165, 1.54) is 30.5 Å². The van der Waals surface area contributed by atoms with Gasteiger partial charge in [-0.25, -0.2) is 4.39 Å². The molecule has 2 fully saturated rings. The number of benzene rings is 3. The molecule has 36 heavy (non-hydrogen) atoms. The fourth-order valence-corrected chi connectivity index (χ4v) is 5.90. The number of halogens is 1. The van der Waals surface area contributed by atoms with E-state index < -0.39 is 0 Å². The van der Waals surface area contributed by atoms with Crippen molar-refractivity contribution in [1.82, 2.24) is 9.80 Å². The average molecular weight is 487 g/mol. The van der Waals surface area contributed by atoms with Crippen molar-refractivity contribution >= 4 is 5.91 Å². The number of methoxy groups -OCH3 is 1. The van der Waals surface area contributed by atoms with Gasteiger partial charge in [-0.05, 0) is 85.6 Å². The molecule has 0 radical (unpaired) electrons. The monoisotopic (exact) mass is 486 g/mol. The van der Waals surface area contributed by atoms with Gasteiger partial charge in [0.2, 0.25) is 0 Å². The number of ether oxygens (including phenoxy) is 1. The first-order chi connectivity index (χ1) is 17.6. The van der Waals surface area contributed by atoms with Gasteiger partial charge >= 0.3 is 0 Å². The Kier molecular flexibility index (Phi) is 7.66. The van der Waals surface area contributed by atoms with E-state index in [4.69, 9.17) is 4.74 Å². The molecule has 1 amide bonds. The summed E-state index contributed by atoms with van der Waals surface area (Å²) in [4.78, 5) is 17.9. The highest BCUT2D eigenvalue weighted by molar-refractivity contribution is 5.94. The maximum absolute atomic E-state index is 13.6. The van der Waals surface area contributed by atoms with Gasteiger partial charge in [-0.1, -0.05) is 48.5 Å². The summed E-state index contributed by atoms with van der Waals surface area (Å²) in [5.41, 5.74) is 3.19. The topological polar surface area (TPSA) is 32.8 Å². The van der Waals surface area contributed by atoms with Crippen molar-refractivity contribution in [2.75, 3.05) is 39.8 Å². The summed E-state index contributed by atoms with van der Waals surface area (Å²) in [5, 5.41) is 0. The summed E-state index contributed by atoms with van der Waals surface area (Å²) in [6.07, 6.45) is 3.56. The van der Waals surface area contributed by atoms with E-state index in [-0.39, 0.29) is 17.6 Å². The molecule has 2 aliphatic heterocycles. The first-order valence-corrected chi connectivity index (χ1v) is 13.0. The van der Waals surface area contributed by atoms with E-state index in [0.29, 0.717) is 30.3 Å². The molecule has 188 valence electrons. The van der Waals surface area contributed by atoms with Crippen molar-refractivity contribution in [2.24, 2.45) is 11.8 Å². The van der Waals surface area contributed by atoms with Crippen LogP contribution in [0, 0.1) is 17.7 Å². The molecule has 2 atom stereocenters. The third-order valence-corrected chi connectivity index (χ3v) is 7.91. The number of amides is 1. The zero-order valence-corrected chi connectivity index (χ0v) is 21.0. The predicted octanol–water partition coefficient (Wildman–Crippen LogP) is 5.64. The summed E-state index contributed by atoms with van der Waals surface area (Å²) in [6.45, 7) is 4.50. The van der Waals surface area contributed by atoms with Crippen molar-refractivity contribution in [1.29, 1.82) is 0 Å². The summed E-state index contributed by atoms with van der Waals surface area (Å²) < 4.78 is 19.0. The number of nitrogens with zero attached hydrogens (tertiary/aromatic N) is 2. The fourth-order valence-electron chi connectivity index (χ4n) is 5.90. The minimum atomic E-state index is -0.224. The van der Waals surface area contributed by atoms with Crippen LogP contribution in [0.4, 0.5) is 4.39 Å². The normalized spacial score (nSPS) is 21.0. The van der Waals surface area contributed by atoms with Crippen LogP contribution in [0.15, 0.2) is 78.9 Å². The Hall–Kier alpha value is -3.18. The van der Waals surface area contributed by atoms with Gasteiger partial charge in [0.15, 0.2) is 0 Å². The molecule has 2 aliphatic rings. The highest BCUT2D eigenvalue weighted by atomic mass is 19.1. The first-order valence-electron chi connectivity index (χ1n) is 13.0. The number of rotatable bonds is 7. The lowest BCUT2D eigenvalue weighted by Gasteiger charge is -2.34. The Balaban J connectivity index is 1.26. The Labute approximate surface area is 213 Å². The van der Waals surface area contributed by atoms with Crippen molar-refractivity contribution in [3.8, 4) is 5.75 Å². The summed E-state index contributed by atoms with van der Waals surface area (Å²) >= 11 is 0. The van der Waals surface area contributed by atoms with Crippen LogP contribution in [-0.4, -0.2) is 55.5 Å². The van der Waals surface area contributed by atoms with Crippen LogP contribution in [0.1, 0.15) is 40.2 Å². The van der Waals surface area contributed by atoms with Gasteiger partial charge in [0.05, 0.1) is 7.11 Å². The molecule has 2 saturated heterocycles. The van der Waals surface area contributed by atoms with E-state index in [9.17, 15) is 9.18 Å². The number of carbonyl (C=O) groups is 1. The van der Waals surface area contributed by atoms with Crippen LogP contribution in [-0.2, 0) is 6.42 Å². The lowest BCUT2D eigenvalue weighted by molar-refractivity contribution is 0.0780. The molecule has 3 aromatic carbocycles. The van der Waals surface area contributed by atoms with Gasteiger partial charge in [-0.2, -0.15) is 0 Å². The van der Waals surface area contributed by atoms with Crippen LogP contribution < -0.4 is 4.74 Å². The Morgan fingerprint density at radius 3 is 2.42 bits per heavy atom. The standard InChI is InChI=1S/C31H35FN2O2/c1-36-29-9-5-8-26(19-29)31(35)34-21-27(30(22-34)25-10-12-28(32)13-11-25)20-33-16-14-24(15-17-33)18-23-6-3-2-4-7-23/h2-13,19,24,27,30H,14-18,20-22H2,1H3. The molecule has 0 bridgehead atoms. The average Bonchev–Trinajstić information content (AvgIpc) is 3.34. The fraction of sp³-hybridized carbons (Fsp3) is 0.387. The van der Waals surface area contributed by atoms with Gasteiger partial charge in [-0.15, -0.1) is 0 Å². The molecule has 3 aromatic rings. The van der Waals surface area contributed by atoms with Crippen LogP contribution in [0.5, 0.6) is 5.75 Å². The minimum absolute atomic E-state index is 0.0325. The number of likely N-dealkylation sites (tertiary alicyclic amines) is 2. The highest BCUT2D eigenvalue weighted by Gasteiger charge is 2.38. The molecular formula is C31H35FN2O2. The molecule has 0 spiro atoms. The quantitative estimate of drug-likeness (QED) is 0.433. The molecule has 2 unspecified atom stereocenters. The van der Waals surface area contributed by atoms with E-state index in [1.54, 1.807) is 13.2 Å².